The zero-order valence-electron chi connectivity index (χ0n) is 11.8. The minimum absolute atomic E-state index is 0.234. The Morgan fingerprint density at radius 3 is 2.67 bits per heavy atom. The molecule has 7 nitrogen and oxygen atoms in total. The third kappa shape index (κ3) is 5.62. The first-order chi connectivity index (χ1) is 9.93. The largest absolute Gasteiger partial charge is 0.481 e. The lowest BCUT2D eigenvalue weighted by molar-refractivity contribution is -0.138. The van der Waals surface area contributed by atoms with Crippen LogP contribution in [0.5, 0.6) is 0 Å². The average molecular weight is 293 g/mol. The average Bonchev–Trinajstić information content (AvgIpc) is 2.44. The molecule has 1 aromatic carbocycles. The highest BCUT2D eigenvalue weighted by Gasteiger charge is 2.17. The quantitative estimate of drug-likeness (QED) is 0.585. The van der Waals surface area contributed by atoms with Crippen LogP contribution in [0.15, 0.2) is 24.3 Å². The van der Waals surface area contributed by atoms with Crippen LogP contribution in [0, 0.1) is 0 Å². The van der Waals surface area contributed by atoms with Crippen molar-refractivity contribution in [3.8, 4) is 0 Å². The van der Waals surface area contributed by atoms with E-state index in [9.17, 15) is 14.4 Å². The lowest BCUT2D eigenvalue weighted by atomic mass is 10.1. The number of benzene rings is 1. The van der Waals surface area contributed by atoms with E-state index < -0.39 is 24.3 Å². The van der Waals surface area contributed by atoms with Gasteiger partial charge in [0.25, 0.3) is 5.91 Å². The van der Waals surface area contributed by atoms with Crippen LogP contribution in [0.25, 0.3) is 0 Å². The molecular weight excluding hydrogens is 274 g/mol. The highest BCUT2D eigenvalue weighted by molar-refractivity contribution is 5.99. The zero-order chi connectivity index (χ0) is 15.8. The molecule has 1 unspecified atom stereocenters. The molecule has 1 aromatic rings. The molecule has 0 radical (unpaired) electrons. The highest BCUT2D eigenvalue weighted by Crippen LogP contribution is 2.11. The van der Waals surface area contributed by atoms with E-state index in [2.05, 4.69) is 10.6 Å². The van der Waals surface area contributed by atoms with Crippen molar-refractivity contribution >= 4 is 23.5 Å². The number of nitrogens with one attached hydrogen (secondary N) is 2. The van der Waals surface area contributed by atoms with Gasteiger partial charge in [0.15, 0.2) is 0 Å². The third-order valence-electron chi connectivity index (χ3n) is 2.66. The normalized spacial score (nSPS) is 11.5. The Morgan fingerprint density at radius 2 is 2.05 bits per heavy atom. The number of hydrogen-bond acceptors (Lipinski definition) is 4. The van der Waals surface area contributed by atoms with Crippen LogP contribution in [0.1, 0.15) is 30.1 Å². The van der Waals surface area contributed by atoms with Gasteiger partial charge in [-0.15, -0.1) is 0 Å². The number of rotatable bonds is 7. The molecule has 0 aliphatic carbocycles. The molecule has 1 rings (SSSR count). The minimum Gasteiger partial charge on any atom is -0.481 e. The number of aliphatic carboxylic acids is 1. The van der Waals surface area contributed by atoms with Crippen LogP contribution in [-0.2, 0) is 9.59 Å². The minimum atomic E-state index is -1.15. The summed E-state index contributed by atoms with van der Waals surface area (Å²) in [5, 5.41) is 13.8. The van der Waals surface area contributed by atoms with Gasteiger partial charge in [-0.2, -0.15) is 0 Å². The van der Waals surface area contributed by atoms with Crippen LogP contribution in [0.4, 0.5) is 5.69 Å². The second kappa shape index (κ2) is 8.01. The Kier molecular flexibility index (Phi) is 6.35. The third-order valence-corrected chi connectivity index (χ3v) is 2.66. The fourth-order valence-electron chi connectivity index (χ4n) is 1.59. The maximum absolute atomic E-state index is 11.8. The van der Waals surface area contributed by atoms with Crippen LogP contribution >= 0.6 is 0 Å². The van der Waals surface area contributed by atoms with Crippen molar-refractivity contribution in [3.63, 3.8) is 0 Å². The molecule has 0 aliphatic heterocycles. The molecular formula is C14H19N3O4. The predicted octanol–water partition coefficient (Wildman–Crippen LogP) is 0.567. The summed E-state index contributed by atoms with van der Waals surface area (Å²) >= 11 is 0. The molecule has 114 valence electrons. The molecule has 7 heteroatoms. The van der Waals surface area contributed by atoms with E-state index in [1.807, 2.05) is 6.92 Å². The molecule has 0 aromatic heterocycles. The van der Waals surface area contributed by atoms with Gasteiger partial charge >= 0.3 is 5.97 Å². The van der Waals surface area contributed by atoms with Gasteiger partial charge < -0.3 is 21.5 Å². The van der Waals surface area contributed by atoms with E-state index in [4.69, 9.17) is 10.8 Å². The molecule has 1 atom stereocenters. The lowest BCUT2D eigenvalue weighted by Crippen LogP contribution is -2.37. The predicted molar refractivity (Wildman–Crippen MR) is 77.9 cm³/mol. The van der Waals surface area contributed by atoms with Crippen LogP contribution in [0.3, 0.4) is 0 Å². The number of anilines is 1. The Bertz CT molecular complexity index is 531. The Labute approximate surface area is 122 Å². The molecule has 21 heavy (non-hydrogen) atoms. The maximum atomic E-state index is 11.8. The Balaban J connectivity index is 2.70. The second-order valence-electron chi connectivity index (χ2n) is 4.53. The first kappa shape index (κ1) is 16.6. The molecule has 0 saturated carbocycles. The molecule has 0 saturated heterocycles. The smallest absolute Gasteiger partial charge is 0.305 e. The van der Waals surface area contributed by atoms with Crippen LogP contribution in [-0.4, -0.2) is 35.5 Å². The van der Waals surface area contributed by atoms with Gasteiger partial charge in [-0.25, -0.2) is 0 Å². The number of hydrogen-bond donors (Lipinski definition) is 4. The van der Waals surface area contributed by atoms with Crippen LogP contribution < -0.4 is 16.4 Å². The standard InChI is InChI=1S/C14H19N3O4/c1-2-6-16-13(20)9-4-3-5-10(7-9)17-14(21)11(15)8-12(18)19/h3-5,7,11H,2,6,8,15H2,1H3,(H,16,20)(H,17,21)(H,18,19). The number of carbonyl (C=O) groups excluding carboxylic acids is 2. The summed E-state index contributed by atoms with van der Waals surface area (Å²) in [4.78, 5) is 34.0. The number of carboxylic acids is 1. The first-order valence-corrected chi connectivity index (χ1v) is 6.60. The molecule has 2 amide bonds. The summed E-state index contributed by atoms with van der Waals surface area (Å²) < 4.78 is 0. The molecule has 0 bridgehead atoms. The van der Waals surface area contributed by atoms with Gasteiger partial charge in [0, 0.05) is 17.8 Å². The van der Waals surface area contributed by atoms with Gasteiger partial charge in [-0.05, 0) is 24.6 Å². The van der Waals surface area contributed by atoms with E-state index in [1.165, 1.54) is 6.07 Å². The van der Waals surface area contributed by atoms with Crippen LogP contribution in [0.2, 0.25) is 0 Å². The van der Waals surface area contributed by atoms with E-state index >= 15 is 0 Å². The zero-order valence-corrected chi connectivity index (χ0v) is 11.8. The molecule has 0 aliphatic rings. The van der Waals surface area contributed by atoms with Crippen molar-refractivity contribution in [2.24, 2.45) is 5.73 Å². The summed E-state index contributed by atoms with van der Waals surface area (Å²) in [5.41, 5.74) is 6.26. The molecule has 0 heterocycles. The maximum Gasteiger partial charge on any atom is 0.305 e. The van der Waals surface area contributed by atoms with Crippen molar-refractivity contribution in [1.29, 1.82) is 0 Å². The summed E-state index contributed by atoms with van der Waals surface area (Å²) in [6.45, 7) is 2.51. The van der Waals surface area contributed by atoms with Crippen molar-refractivity contribution in [3.05, 3.63) is 29.8 Å². The van der Waals surface area contributed by atoms with Gasteiger partial charge in [0.1, 0.15) is 0 Å². The summed E-state index contributed by atoms with van der Waals surface area (Å²) in [6.07, 6.45) is 0.370. The summed E-state index contributed by atoms with van der Waals surface area (Å²) in [7, 11) is 0. The van der Waals surface area contributed by atoms with Crippen molar-refractivity contribution < 1.29 is 19.5 Å². The summed E-state index contributed by atoms with van der Waals surface area (Å²) in [6, 6.07) is 5.22. The molecule has 0 fully saturated rings. The van der Waals surface area contributed by atoms with Crippen molar-refractivity contribution in [2.75, 3.05) is 11.9 Å². The highest BCUT2D eigenvalue weighted by atomic mass is 16.4. The van der Waals surface area contributed by atoms with Crippen molar-refractivity contribution in [1.82, 2.24) is 5.32 Å². The van der Waals surface area contributed by atoms with E-state index in [1.54, 1.807) is 18.2 Å². The number of amides is 2. The van der Waals surface area contributed by atoms with Gasteiger partial charge in [0.05, 0.1) is 12.5 Å². The van der Waals surface area contributed by atoms with Crippen molar-refractivity contribution in [2.45, 2.75) is 25.8 Å². The van der Waals surface area contributed by atoms with E-state index in [-0.39, 0.29) is 5.91 Å². The topological polar surface area (TPSA) is 122 Å². The van der Waals surface area contributed by atoms with Gasteiger partial charge in [0.2, 0.25) is 5.91 Å². The first-order valence-electron chi connectivity index (χ1n) is 6.60. The fraction of sp³-hybridized carbons (Fsp3) is 0.357. The fourth-order valence-corrected chi connectivity index (χ4v) is 1.59. The van der Waals surface area contributed by atoms with Gasteiger partial charge in [-0.1, -0.05) is 13.0 Å². The Hall–Kier alpha value is -2.41. The van der Waals surface area contributed by atoms with E-state index in [0.29, 0.717) is 17.8 Å². The summed E-state index contributed by atoms with van der Waals surface area (Å²) in [5.74, 6) is -1.99. The number of carbonyl (C=O) groups is 3. The second-order valence-corrected chi connectivity index (χ2v) is 4.53. The number of carboxylic acid groups (broad SMARTS) is 1. The molecule has 0 spiro atoms. The lowest BCUT2D eigenvalue weighted by Gasteiger charge is -2.11. The number of nitrogens with two attached hydrogens (primary N) is 1. The van der Waals surface area contributed by atoms with Gasteiger partial charge in [-0.3, -0.25) is 14.4 Å². The molecule has 5 N–H and O–H groups in total. The SMILES string of the molecule is CCCNC(=O)c1cccc(NC(=O)C(N)CC(=O)O)c1. The Morgan fingerprint density at radius 1 is 1.33 bits per heavy atom. The monoisotopic (exact) mass is 293 g/mol. The van der Waals surface area contributed by atoms with E-state index in [0.717, 1.165) is 6.42 Å².